The van der Waals surface area contributed by atoms with Gasteiger partial charge in [0.1, 0.15) is 11.5 Å². The van der Waals surface area contributed by atoms with E-state index < -0.39 is 0 Å². The second kappa shape index (κ2) is 9.58. The van der Waals surface area contributed by atoms with Crippen molar-refractivity contribution in [3.8, 4) is 28.5 Å². The Morgan fingerprint density at radius 1 is 0.435 bits per heavy atom. The summed E-state index contributed by atoms with van der Waals surface area (Å²) in [6.07, 6.45) is 0. The molecule has 0 amide bonds. The molecule has 0 fully saturated rings. The van der Waals surface area contributed by atoms with Gasteiger partial charge in [0.2, 0.25) is 0 Å². The fraction of sp³-hybridized carbons (Fsp3) is 0. The van der Waals surface area contributed by atoms with Gasteiger partial charge in [0.05, 0.1) is 38.7 Å². The quantitative estimate of drug-likeness (QED) is 0.193. The van der Waals surface area contributed by atoms with Crippen LogP contribution >= 0.6 is 0 Å². The first-order valence-corrected chi connectivity index (χ1v) is 15.5. The molecular formula is C41H25N5. The average molecular weight is 588 g/mol. The zero-order valence-corrected chi connectivity index (χ0v) is 24.7. The van der Waals surface area contributed by atoms with Crippen molar-refractivity contribution in [2.24, 2.45) is 0 Å². The average Bonchev–Trinajstić information content (AvgIpc) is 3.69. The summed E-state index contributed by atoms with van der Waals surface area (Å²) < 4.78 is 4.64. The third kappa shape index (κ3) is 3.54. The standard InChI is InChI=1S/C41H25N5/c1-3-13-26(14-4-1)33-25-37(44-40(42-33)27-15-5-2-6-16-27)46-35-21-11-8-18-29(35)31-24-23-30-28-17-7-10-20-34(28)45-36-22-12-9-19-32(36)43-41(45)38(30)39(31)46/h1-25H. The minimum Gasteiger partial charge on any atom is -0.293 e. The van der Waals surface area contributed by atoms with Crippen LogP contribution in [0.3, 0.4) is 0 Å². The number of benzene rings is 6. The molecule has 4 heterocycles. The van der Waals surface area contributed by atoms with E-state index in [1.54, 1.807) is 0 Å². The first-order valence-electron chi connectivity index (χ1n) is 15.5. The molecule has 0 N–H and O–H groups in total. The molecular weight excluding hydrogens is 562 g/mol. The van der Waals surface area contributed by atoms with E-state index in [0.29, 0.717) is 5.82 Å². The van der Waals surface area contributed by atoms with Crippen LogP contribution in [0.1, 0.15) is 0 Å². The van der Waals surface area contributed by atoms with Crippen molar-refractivity contribution in [2.75, 3.05) is 0 Å². The van der Waals surface area contributed by atoms with Gasteiger partial charge in [-0.15, -0.1) is 0 Å². The molecule has 0 saturated carbocycles. The van der Waals surface area contributed by atoms with Crippen LogP contribution in [0.25, 0.3) is 88.6 Å². The van der Waals surface area contributed by atoms with Gasteiger partial charge in [0.15, 0.2) is 5.82 Å². The Bertz CT molecular complexity index is 2740. The van der Waals surface area contributed by atoms with Crippen molar-refractivity contribution >= 4 is 60.2 Å². The lowest BCUT2D eigenvalue weighted by atomic mass is 10.0. The van der Waals surface area contributed by atoms with Gasteiger partial charge >= 0.3 is 0 Å². The highest BCUT2D eigenvalue weighted by atomic mass is 15.1. The molecule has 0 bridgehead atoms. The Hall–Kier alpha value is -6.33. The number of aromatic nitrogens is 5. The van der Waals surface area contributed by atoms with Gasteiger partial charge < -0.3 is 0 Å². The third-order valence-corrected chi connectivity index (χ3v) is 9.10. The Labute approximate surface area is 263 Å². The number of nitrogens with zero attached hydrogens (tertiary/aromatic N) is 5. The number of para-hydroxylation sites is 4. The molecule has 0 unspecified atom stereocenters. The number of hydrogen-bond acceptors (Lipinski definition) is 3. The molecule has 0 aliphatic heterocycles. The third-order valence-electron chi connectivity index (χ3n) is 9.10. The smallest absolute Gasteiger partial charge is 0.162 e. The Kier molecular flexibility index (Phi) is 5.22. The maximum atomic E-state index is 5.30. The topological polar surface area (TPSA) is 48.0 Å². The SMILES string of the molecule is c1ccc(-c2cc(-n3c4ccccc4c4ccc5c6ccccc6n6c7ccccc7nc6c5c43)nc(-c3ccccc3)n2)cc1. The molecule has 0 aliphatic rings. The predicted octanol–water partition coefficient (Wildman–Crippen LogP) is 10.0. The van der Waals surface area contributed by atoms with Crippen molar-refractivity contribution in [3.05, 3.63) is 152 Å². The lowest BCUT2D eigenvalue weighted by molar-refractivity contribution is 1.05. The number of hydrogen-bond donors (Lipinski definition) is 0. The minimum absolute atomic E-state index is 0.685. The van der Waals surface area contributed by atoms with Crippen LogP contribution in [0, 0.1) is 0 Å². The van der Waals surface area contributed by atoms with Crippen LogP contribution in [0.5, 0.6) is 0 Å². The van der Waals surface area contributed by atoms with Crippen LogP contribution in [0.4, 0.5) is 0 Å². The Balaban J connectivity index is 1.43. The first-order chi connectivity index (χ1) is 22.8. The highest BCUT2D eigenvalue weighted by Crippen LogP contribution is 2.41. The summed E-state index contributed by atoms with van der Waals surface area (Å²) >= 11 is 0. The van der Waals surface area contributed by atoms with E-state index in [9.17, 15) is 0 Å². The van der Waals surface area contributed by atoms with Gasteiger partial charge in [-0.05, 0) is 29.7 Å². The predicted molar refractivity (Wildman–Crippen MR) is 189 cm³/mol. The first kappa shape index (κ1) is 25.0. The summed E-state index contributed by atoms with van der Waals surface area (Å²) in [4.78, 5) is 15.7. The molecule has 5 nitrogen and oxygen atoms in total. The van der Waals surface area contributed by atoms with Crippen molar-refractivity contribution in [2.45, 2.75) is 0 Å². The van der Waals surface area contributed by atoms with E-state index in [-0.39, 0.29) is 0 Å². The van der Waals surface area contributed by atoms with Crippen molar-refractivity contribution < 1.29 is 0 Å². The Morgan fingerprint density at radius 3 is 1.83 bits per heavy atom. The highest BCUT2D eigenvalue weighted by molar-refractivity contribution is 6.27. The maximum absolute atomic E-state index is 5.30. The van der Waals surface area contributed by atoms with Crippen LogP contribution in [-0.4, -0.2) is 23.9 Å². The largest absolute Gasteiger partial charge is 0.293 e. The monoisotopic (exact) mass is 587 g/mol. The second-order valence-corrected chi connectivity index (χ2v) is 11.7. The van der Waals surface area contributed by atoms with Crippen molar-refractivity contribution in [3.63, 3.8) is 0 Å². The molecule has 10 rings (SSSR count). The van der Waals surface area contributed by atoms with Gasteiger partial charge in [-0.25, -0.2) is 15.0 Å². The van der Waals surface area contributed by atoms with E-state index in [0.717, 1.165) is 72.0 Å². The summed E-state index contributed by atoms with van der Waals surface area (Å²) in [5.74, 6) is 1.50. The lowest BCUT2D eigenvalue weighted by Crippen LogP contribution is -2.03. The number of rotatable bonds is 3. The Morgan fingerprint density at radius 2 is 1.04 bits per heavy atom. The van der Waals surface area contributed by atoms with Crippen LogP contribution in [0.15, 0.2) is 152 Å². The molecule has 0 spiro atoms. The fourth-order valence-electron chi connectivity index (χ4n) is 7.10. The number of pyridine rings is 1. The highest BCUT2D eigenvalue weighted by Gasteiger charge is 2.22. The molecule has 6 aromatic carbocycles. The normalized spacial score (nSPS) is 11.9. The summed E-state index contributed by atoms with van der Waals surface area (Å²) in [7, 11) is 0. The molecule has 0 saturated heterocycles. The summed E-state index contributed by atoms with van der Waals surface area (Å²) in [6, 6.07) is 52.9. The molecule has 5 heteroatoms. The van der Waals surface area contributed by atoms with E-state index in [1.165, 1.54) is 10.8 Å². The van der Waals surface area contributed by atoms with Gasteiger partial charge in [0.25, 0.3) is 0 Å². The van der Waals surface area contributed by atoms with Crippen LogP contribution < -0.4 is 0 Å². The van der Waals surface area contributed by atoms with E-state index in [2.05, 4.69) is 136 Å². The van der Waals surface area contributed by atoms with Crippen LogP contribution in [-0.2, 0) is 0 Å². The zero-order chi connectivity index (χ0) is 30.2. The van der Waals surface area contributed by atoms with E-state index in [1.807, 2.05) is 24.3 Å². The summed E-state index contributed by atoms with van der Waals surface area (Å²) in [6.45, 7) is 0. The molecule has 10 aromatic rings. The summed E-state index contributed by atoms with van der Waals surface area (Å²) in [5.41, 5.74) is 9.20. The number of fused-ring (bicyclic) bond motifs is 12. The molecule has 214 valence electrons. The van der Waals surface area contributed by atoms with Crippen LogP contribution in [0.2, 0.25) is 0 Å². The van der Waals surface area contributed by atoms with Crippen molar-refractivity contribution in [1.29, 1.82) is 0 Å². The molecule has 0 radical (unpaired) electrons. The van der Waals surface area contributed by atoms with E-state index >= 15 is 0 Å². The fourth-order valence-corrected chi connectivity index (χ4v) is 7.10. The zero-order valence-electron chi connectivity index (χ0n) is 24.7. The second-order valence-electron chi connectivity index (χ2n) is 11.7. The summed E-state index contributed by atoms with van der Waals surface area (Å²) in [5, 5.41) is 5.78. The molecule has 0 atom stereocenters. The van der Waals surface area contributed by atoms with Gasteiger partial charge in [-0.3, -0.25) is 8.97 Å². The molecule has 46 heavy (non-hydrogen) atoms. The molecule has 0 aliphatic carbocycles. The maximum Gasteiger partial charge on any atom is 0.162 e. The van der Waals surface area contributed by atoms with E-state index in [4.69, 9.17) is 15.0 Å². The minimum atomic E-state index is 0.685. The lowest BCUT2D eigenvalue weighted by Gasteiger charge is -2.14. The van der Waals surface area contributed by atoms with Gasteiger partial charge in [0, 0.05) is 33.4 Å². The number of imidazole rings is 1. The van der Waals surface area contributed by atoms with Crippen molar-refractivity contribution in [1.82, 2.24) is 23.9 Å². The van der Waals surface area contributed by atoms with Gasteiger partial charge in [-0.1, -0.05) is 121 Å². The van der Waals surface area contributed by atoms with Gasteiger partial charge in [-0.2, -0.15) is 0 Å². The molecule has 4 aromatic heterocycles.